The molecule has 0 saturated heterocycles. The molecule has 1 aliphatic carbocycles. The van der Waals surface area contributed by atoms with Crippen molar-refractivity contribution in [3.63, 3.8) is 0 Å². The summed E-state index contributed by atoms with van der Waals surface area (Å²) < 4.78 is 5.77. The second-order valence-corrected chi connectivity index (χ2v) is 5.74. The second kappa shape index (κ2) is 5.31. The van der Waals surface area contributed by atoms with E-state index in [1.165, 1.54) is 37.8 Å². The summed E-state index contributed by atoms with van der Waals surface area (Å²) in [5.74, 6) is 2.49. The van der Waals surface area contributed by atoms with E-state index >= 15 is 0 Å². The van der Waals surface area contributed by atoms with Gasteiger partial charge in [0.15, 0.2) is 0 Å². The highest BCUT2D eigenvalue weighted by Crippen LogP contribution is 2.37. The van der Waals surface area contributed by atoms with E-state index in [-0.39, 0.29) is 0 Å². The number of nitrogens with one attached hydrogen (secondary N) is 1. The summed E-state index contributed by atoms with van der Waals surface area (Å²) in [5, 5.41) is 3.66. The minimum absolute atomic E-state index is 0.604. The minimum Gasteiger partial charge on any atom is -0.493 e. The molecule has 1 heterocycles. The molecule has 98 valence electrons. The van der Waals surface area contributed by atoms with Gasteiger partial charge in [-0.2, -0.15) is 0 Å². The summed E-state index contributed by atoms with van der Waals surface area (Å²) in [6.45, 7) is 4.36. The van der Waals surface area contributed by atoms with Crippen LogP contribution in [0.3, 0.4) is 0 Å². The van der Waals surface area contributed by atoms with Gasteiger partial charge in [-0.15, -0.1) is 0 Å². The van der Waals surface area contributed by atoms with Crippen LogP contribution in [0.25, 0.3) is 0 Å². The molecule has 0 radical (unpaired) electrons. The summed E-state index contributed by atoms with van der Waals surface area (Å²) in [7, 11) is 0. The lowest BCUT2D eigenvalue weighted by Crippen LogP contribution is -2.25. The van der Waals surface area contributed by atoms with Gasteiger partial charge in [0.2, 0.25) is 0 Å². The summed E-state index contributed by atoms with van der Waals surface area (Å²) >= 11 is 0. The first kappa shape index (κ1) is 12.0. The quantitative estimate of drug-likeness (QED) is 0.830. The number of ether oxygens (including phenoxy) is 1. The third kappa shape index (κ3) is 2.69. The van der Waals surface area contributed by atoms with Gasteiger partial charge < -0.3 is 10.1 Å². The topological polar surface area (TPSA) is 21.3 Å². The molecule has 1 fully saturated rings. The standard InChI is InChI=1S/C16H23NO/c1-2-12(10-17-14-7-8-14)9-13-11-18-16-6-4-3-5-15(13)16/h3-6,12-14,17H,2,7-11H2,1H3. The SMILES string of the molecule is CCC(CNC1CC1)CC1COc2ccccc21. The lowest BCUT2D eigenvalue weighted by Gasteiger charge is -2.19. The first-order chi connectivity index (χ1) is 8.86. The Morgan fingerprint density at radius 3 is 2.94 bits per heavy atom. The van der Waals surface area contributed by atoms with Crippen LogP contribution in [0.4, 0.5) is 0 Å². The number of hydrogen-bond donors (Lipinski definition) is 1. The molecule has 1 aromatic carbocycles. The number of benzene rings is 1. The zero-order chi connectivity index (χ0) is 12.4. The molecule has 1 aromatic rings. The van der Waals surface area contributed by atoms with Crippen molar-refractivity contribution in [3.05, 3.63) is 29.8 Å². The molecule has 2 atom stereocenters. The maximum absolute atomic E-state index is 5.77. The molecule has 18 heavy (non-hydrogen) atoms. The van der Waals surface area contributed by atoms with Crippen molar-refractivity contribution >= 4 is 0 Å². The Hall–Kier alpha value is -1.02. The van der Waals surface area contributed by atoms with E-state index in [0.29, 0.717) is 5.92 Å². The average Bonchev–Trinajstić information content (AvgIpc) is 3.15. The van der Waals surface area contributed by atoms with Crippen molar-refractivity contribution in [2.75, 3.05) is 13.2 Å². The first-order valence-electron chi connectivity index (χ1n) is 7.32. The monoisotopic (exact) mass is 245 g/mol. The maximum atomic E-state index is 5.77. The Bertz CT molecular complexity index is 400. The van der Waals surface area contributed by atoms with Crippen molar-refractivity contribution in [2.24, 2.45) is 5.92 Å². The highest BCUT2D eigenvalue weighted by atomic mass is 16.5. The lowest BCUT2D eigenvalue weighted by atomic mass is 9.89. The Balaban J connectivity index is 1.57. The van der Waals surface area contributed by atoms with Crippen molar-refractivity contribution < 1.29 is 4.74 Å². The zero-order valence-electron chi connectivity index (χ0n) is 11.2. The van der Waals surface area contributed by atoms with E-state index < -0.39 is 0 Å². The number of rotatable bonds is 6. The van der Waals surface area contributed by atoms with Crippen molar-refractivity contribution in [2.45, 2.75) is 44.6 Å². The molecular weight excluding hydrogens is 222 g/mol. The van der Waals surface area contributed by atoms with Crippen molar-refractivity contribution in [1.29, 1.82) is 0 Å². The number of para-hydroxylation sites is 1. The fraction of sp³-hybridized carbons (Fsp3) is 0.625. The first-order valence-corrected chi connectivity index (χ1v) is 7.32. The summed E-state index contributed by atoms with van der Waals surface area (Å²) in [4.78, 5) is 0. The summed E-state index contributed by atoms with van der Waals surface area (Å²) in [6, 6.07) is 9.34. The Kier molecular flexibility index (Phi) is 3.55. The molecule has 1 N–H and O–H groups in total. The van der Waals surface area contributed by atoms with Crippen LogP contribution in [-0.4, -0.2) is 19.2 Å². The number of fused-ring (bicyclic) bond motifs is 1. The van der Waals surface area contributed by atoms with E-state index in [1.54, 1.807) is 0 Å². The molecule has 1 aliphatic heterocycles. The van der Waals surface area contributed by atoms with E-state index in [0.717, 1.165) is 24.3 Å². The van der Waals surface area contributed by atoms with E-state index in [2.05, 4.69) is 36.5 Å². The van der Waals surface area contributed by atoms with Crippen LogP contribution in [0.5, 0.6) is 5.75 Å². The van der Waals surface area contributed by atoms with Crippen molar-refractivity contribution in [1.82, 2.24) is 5.32 Å². The molecule has 3 rings (SSSR count). The Morgan fingerprint density at radius 1 is 1.33 bits per heavy atom. The Morgan fingerprint density at radius 2 is 2.17 bits per heavy atom. The van der Waals surface area contributed by atoms with Crippen LogP contribution in [0.1, 0.15) is 44.1 Å². The highest BCUT2D eigenvalue weighted by molar-refractivity contribution is 5.39. The average molecular weight is 245 g/mol. The molecule has 0 amide bonds. The molecule has 1 saturated carbocycles. The van der Waals surface area contributed by atoms with Gasteiger partial charge in [-0.3, -0.25) is 0 Å². The molecule has 0 spiro atoms. The van der Waals surface area contributed by atoms with Crippen LogP contribution in [0.2, 0.25) is 0 Å². The molecule has 2 aliphatic rings. The fourth-order valence-electron chi connectivity index (χ4n) is 2.84. The molecule has 2 heteroatoms. The van der Waals surface area contributed by atoms with Gasteiger partial charge in [0.25, 0.3) is 0 Å². The maximum Gasteiger partial charge on any atom is 0.122 e. The largest absolute Gasteiger partial charge is 0.493 e. The van der Waals surface area contributed by atoms with Gasteiger partial charge in [0, 0.05) is 17.5 Å². The van der Waals surface area contributed by atoms with Gasteiger partial charge in [-0.05, 0) is 37.8 Å². The molecule has 2 unspecified atom stereocenters. The Labute approximate surface area is 110 Å². The van der Waals surface area contributed by atoms with Crippen LogP contribution in [0.15, 0.2) is 24.3 Å². The molecule has 0 aromatic heterocycles. The van der Waals surface area contributed by atoms with Crippen molar-refractivity contribution in [3.8, 4) is 5.75 Å². The van der Waals surface area contributed by atoms with Crippen LogP contribution in [0, 0.1) is 5.92 Å². The predicted octanol–water partition coefficient (Wildman–Crippen LogP) is 3.33. The highest BCUT2D eigenvalue weighted by Gasteiger charge is 2.27. The van der Waals surface area contributed by atoms with Gasteiger partial charge in [0.05, 0.1) is 6.61 Å². The second-order valence-electron chi connectivity index (χ2n) is 5.74. The van der Waals surface area contributed by atoms with Crippen LogP contribution in [-0.2, 0) is 0 Å². The van der Waals surface area contributed by atoms with E-state index in [1.807, 2.05) is 0 Å². The lowest BCUT2D eigenvalue weighted by molar-refractivity contribution is 0.300. The third-order valence-corrected chi connectivity index (χ3v) is 4.27. The smallest absolute Gasteiger partial charge is 0.122 e. The van der Waals surface area contributed by atoms with Crippen LogP contribution < -0.4 is 10.1 Å². The minimum atomic E-state index is 0.604. The number of hydrogen-bond acceptors (Lipinski definition) is 2. The predicted molar refractivity (Wildman–Crippen MR) is 74.1 cm³/mol. The van der Waals surface area contributed by atoms with Gasteiger partial charge >= 0.3 is 0 Å². The zero-order valence-corrected chi connectivity index (χ0v) is 11.2. The summed E-state index contributed by atoms with van der Waals surface area (Å²) in [6.07, 6.45) is 5.28. The summed E-state index contributed by atoms with van der Waals surface area (Å²) in [5.41, 5.74) is 1.42. The van der Waals surface area contributed by atoms with Gasteiger partial charge in [-0.25, -0.2) is 0 Å². The molecular formula is C16H23NO. The molecule has 0 bridgehead atoms. The van der Waals surface area contributed by atoms with Crippen LogP contribution >= 0.6 is 0 Å². The third-order valence-electron chi connectivity index (χ3n) is 4.27. The van der Waals surface area contributed by atoms with Gasteiger partial charge in [-0.1, -0.05) is 31.5 Å². The van der Waals surface area contributed by atoms with E-state index in [9.17, 15) is 0 Å². The van der Waals surface area contributed by atoms with Gasteiger partial charge in [0.1, 0.15) is 5.75 Å². The molecule has 2 nitrogen and oxygen atoms in total. The van der Waals surface area contributed by atoms with E-state index in [4.69, 9.17) is 4.74 Å². The fourth-order valence-corrected chi connectivity index (χ4v) is 2.84. The normalized spacial score (nSPS) is 23.5.